The molecule has 6 heteroatoms. The molecule has 0 saturated heterocycles. The van der Waals surface area contributed by atoms with Crippen LogP contribution in [-0.2, 0) is 4.79 Å². The van der Waals surface area contributed by atoms with Gasteiger partial charge in [-0.1, -0.05) is 30.3 Å². The average molecular weight is 346 g/mol. The van der Waals surface area contributed by atoms with Gasteiger partial charge in [-0.25, -0.2) is 0 Å². The maximum atomic E-state index is 12.6. The smallest absolute Gasteiger partial charge is 0.550 e. The monoisotopic (exact) mass is 346 g/mol. The average Bonchev–Trinajstić information content (AvgIpc) is 2.59. The van der Waals surface area contributed by atoms with Crippen molar-refractivity contribution >= 4 is 16.9 Å². The topological polar surface area (TPSA) is 79.6 Å². The zero-order chi connectivity index (χ0) is 16.9. The molecule has 0 spiro atoms. The number of ether oxygens (including phenoxy) is 1. The molecule has 0 N–H and O–H groups in total. The van der Waals surface area contributed by atoms with Gasteiger partial charge in [-0.3, -0.25) is 4.79 Å². The molecule has 1 aromatic heterocycles. The van der Waals surface area contributed by atoms with Crippen molar-refractivity contribution in [3.63, 3.8) is 0 Å². The number of benzene rings is 2. The number of fused-ring (bicyclic) bond motifs is 1. The van der Waals surface area contributed by atoms with E-state index < -0.39 is 5.97 Å². The van der Waals surface area contributed by atoms with E-state index in [-0.39, 0.29) is 48.0 Å². The molecule has 0 amide bonds. The van der Waals surface area contributed by atoms with E-state index in [0.29, 0.717) is 28.7 Å². The molecule has 0 saturated carbocycles. The molecule has 25 heavy (non-hydrogen) atoms. The minimum atomic E-state index is -1.10. The Bertz CT molecular complexity index is 918. The van der Waals surface area contributed by atoms with Crippen molar-refractivity contribution in [2.45, 2.75) is 12.8 Å². The fraction of sp³-hybridized carbons (Fsp3) is 0.158. The van der Waals surface area contributed by atoms with Gasteiger partial charge in [0.15, 0.2) is 5.43 Å². The standard InChI is InChI=1S/C19H16O5.Na/c20-18(21)7-4-10-23-14-8-9-15-17(11-14)24-12-16(19(15)22)13-5-2-1-3-6-13;/h1-3,5-6,8-9,11-12H,4,7,10H2,(H,20,21);/q;+1/p-1. The minimum absolute atomic E-state index is 0. The first-order valence-corrected chi connectivity index (χ1v) is 7.59. The summed E-state index contributed by atoms with van der Waals surface area (Å²) in [5.74, 6) is -0.576. The number of carboxylic acid groups (broad SMARTS) is 1. The van der Waals surface area contributed by atoms with E-state index >= 15 is 0 Å². The molecular weight excluding hydrogens is 331 g/mol. The Morgan fingerprint density at radius 3 is 2.60 bits per heavy atom. The summed E-state index contributed by atoms with van der Waals surface area (Å²) in [6, 6.07) is 14.3. The summed E-state index contributed by atoms with van der Waals surface area (Å²) < 4.78 is 11.0. The van der Waals surface area contributed by atoms with E-state index in [0.717, 1.165) is 5.56 Å². The van der Waals surface area contributed by atoms with E-state index in [1.54, 1.807) is 18.2 Å². The van der Waals surface area contributed by atoms with Gasteiger partial charge in [-0.2, -0.15) is 0 Å². The summed E-state index contributed by atoms with van der Waals surface area (Å²) in [6.07, 6.45) is 1.75. The van der Waals surface area contributed by atoms with Crippen molar-refractivity contribution in [1.82, 2.24) is 0 Å². The van der Waals surface area contributed by atoms with E-state index in [9.17, 15) is 14.7 Å². The zero-order valence-electron chi connectivity index (χ0n) is 13.9. The van der Waals surface area contributed by atoms with Crippen LogP contribution in [0, 0.1) is 0 Å². The molecule has 122 valence electrons. The van der Waals surface area contributed by atoms with Crippen LogP contribution in [0.5, 0.6) is 5.75 Å². The molecule has 0 fully saturated rings. The number of carboxylic acids is 1. The fourth-order valence-electron chi connectivity index (χ4n) is 2.42. The van der Waals surface area contributed by atoms with Gasteiger partial charge in [0.2, 0.25) is 0 Å². The summed E-state index contributed by atoms with van der Waals surface area (Å²) in [5, 5.41) is 10.8. The summed E-state index contributed by atoms with van der Waals surface area (Å²) >= 11 is 0. The van der Waals surface area contributed by atoms with Gasteiger partial charge >= 0.3 is 29.6 Å². The first kappa shape index (κ1) is 19.2. The first-order chi connectivity index (χ1) is 11.6. The van der Waals surface area contributed by atoms with Gasteiger partial charge in [0.25, 0.3) is 0 Å². The van der Waals surface area contributed by atoms with Crippen molar-refractivity contribution in [3.05, 3.63) is 65.0 Å². The molecule has 2 aromatic carbocycles. The Labute approximate surface area is 166 Å². The van der Waals surface area contributed by atoms with E-state index in [4.69, 9.17) is 9.15 Å². The van der Waals surface area contributed by atoms with Crippen LogP contribution in [0.25, 0.3) is 22.1 Å². The van der Waals surface area contributed by atoms with Gasteiger partial charge in [0.05, 0.1) is 17.6 Å². The Kier molecular flexibility index (Phi) is 6.82. The van der Waals surface area contributed by atoms with Gasteiger partial charge in [0, 0.05) is 12.0 Å². The quantitative estimate of drug-likeness (QED) is 0.439. The van der Waals surface area contributed by atoms with Gasteiger partial charge in [-0.15, -0.1) is 0 Å². The zero-order valence-corrected chi connectivity index (χ0v) is 15.9. The van der Waals surface area contributed by atoms with Crippen LogP contribution >= 0.6 is 0 Å². The maximum Gasteiger partial charge on any atom is 1.00 e. The Hall–Kier alpha value is -2.08. The second kappa shape index (κ2) is 8.85. The second-order valence-electron chi connectivity index (χ2n) is 5.33. The van der Waals surface area contributed by atoms with Crippen molar-refractivity contribution in [2.75, 3.05) is 6.61 Å². The molecule has 0 aliphatic heterocycles. The Morgan fingerprint density at radius 1 is 1.12 bits per heavy atom. The molecule has 0 atom stereocenters. The van der Waals surface area contributed by atoms with Crippen LogP contribution in [-0.4, -0.2) is 12.6 Å². The maximum absolute atomic E-state index is 12.6. The number of rotatable bonds is 6. The second-order valence-corrected chi connectivity index (χ2v) is 5.33. The van der Waals surface area contributed by atoms with Crippen molar-refractivity contribution in [3.8, 4) is 16.9 Å². The third-order valence-corrected chi connectivity index (χ3v) is 3.62. The molecule has 0 aliphatic rings. The molecule has 0 radical (unpaired) electrons. The Morgan fingerprint density at radius 2 is 1.88 bits per heavy atom. The summed E-state index contributed by atoms with van der Waals surface area (Å²) in [6.45, 7) is 0.256. The molecule has 3 aromatic rings. The largest absolute Gasteiger partial charge is 1.00 e. The van der Waals surface area contributed by atoms with Crippen molar-refractivity contribution < 1.29 is 48.6 Å². The van der Waals surface area contributed by atoms with Crippen LogP contribution in [0.15, 0.2) is 64.0 Å². The van der Waals surface area contributed by atoms with Crippen molar-refractivity contribution in [1.29, 1.82) is 0 Å². The molecule has 5 nitrogen and oxygen atoms in total. The van der Waals surface area contributed by atoms with Crippen LogP contribution in [0.3, 0.4) is 0 Å². The third kappa shape index (κ3) is 4.72. The van der Waals surface area contributed by atoms with Crippen LogP contribution in [0.2, 0.25) is 0 Å². The number of hydrogen-bond donors (Lipinski definition) is 0. The van der Waals surface area contributed by atoms with Crippen LogP contribution in [0.1, 0.15) is 12.8 Å². The molecule has 0 aliphatic carbocycles. The fourth-order valence-corrected chi connectivity index (χ4v) is 2.42. The predicted octanol–water partition coefficient (Wildman–Crippen LogP) is -0.627. The van der Waals surface area contributed by atoms with E-state index in [2.05, 4.69) is 0 Å². The van der Waals surface area contributed by atoms with Gasteiger partial charge in [-0.05, 0) is 30.5 Å². The normalized spacial score (nSPS) is 10.2. The SMILES string of the molecule is O=C([O-])CCCOc1ccc2c(=O)c(-c3ccccc3)coc2c1.[Na+]. The molecule has 1 heterocycles. The molecule has 0 bridgehead atoms. The van der Waals surface area contributed by atoms with E-state index in [1.807, 2.05) is 30.3 Å². The molecular formula is C19H15NaO5. The number of aliphatic carboxylic acids is 1. The predicted molar refractivity (Wildman–Crippen MR) is 87.7 cm³/mol. The number of hydrogen-bond acceptors (Lipinski definition) is 5. The third-order valence-electron chi connectivity index (χ3n) is 3.62. The summed E-state index contributed by atoms with van der Waals surface area (Å²) in [4.78, 5) is 23.0. The van der Waals surface area contributed by atoms with Crippen LogP contribution in [0.4, 0.5) is 0 Å². The molecule has 0 unspecified atom stereocenters. The van der Waals surface area contributed by atoms with Gasteiger partial charge < -0.3 is 19.1 Å². The van der Waals surface area contributed by atoms with Crippen molar-refractivity contribution in [2.24, 2.45) is 0 Å². The Balaban J connectivity index is 0.00000225. The molecule has 3 rings (SSSR count). The number of carbonyl (C=O) groups is 1. The van der Waals surface area contributed by atoms with E-state index in [1.165, 1.54) is 6.26 Å². The van der Waals surface area contributed by atoms with Crippen LogP contribution < -0.4 is 44.8 Å². The summed E-state index contributed by atoms with van der Waals surface area (Å²) in [7, 11) is 0. The minimum Gasteiger partial charge on any atom is -0.550 e. The summed E-state index contributed by atoms with van der Waals surface area (Å²) in [5.41, 5.74) is 1.63. The van der Waals surface area contributed by atoms with Gasteiger partial charge in [0.1, 0.15) is 17.6 Å². The number of carbonyl (C=O) groups excluding carboxylic acids is 1. The first-order valence-electron chi connectivity index (χ1n) is 7.59.